The maximum absolute atomic E-state index is 5.76. The van der Waals surface area contributed by atoms with Crippen LogP contribution in [0.3, 0.4) is 0 Å². The van der Waals surface area contributed by atoms with Crippen molar-refractivity contribution in [2.75, 3.05) is 39.2 Å². The number of aliphatic imine (C=N–C) groups is 1. The molecule has 0 aromatic heterocycles. The molecule has 2 N–H and O–H groups in total. The van der Waals surface area contributed by atoms with Gasteiger partial charge in [0.2, 0.25) is 0 Å². The van der Waals surface area contributed by atoms with E-state index < -0.39 is 0 Å². The first-order valence-corrected chi connectivity index (χ1v) is 9.49. The van der Waals surface area contributed by atoms with E-state index >= 15 is 0 Å². The van der Waals surface area contributed by atoms with Gasteiger partial charge in [0.15, 0.2) is 5.96 Å². The standard InChI is InChI=1S/C20H31N3O2.HI/c1-21-20(22-14-19(15-7-8-15)16-9-10-16)23-17-5-3-6-18(13-17)25-12-4-11-24-2;/h3,5-6,13,15-16,19H,4,7-12,14H2,1-2H3,(H2,21,22,23);1H. The minimum atomic E-state index is 0. The Labute approximate surface area is 174 Å². The second-order valence-corrected chi connectivity index (χ2v) is 7.14. The van der Waals surface area contributed by atoms with Crippen molar-refractivity contribution in [1.29, 1.82) is 0 Å². The van der Waals surface area contributed by atoms with E-state index in [0.717, 1.165) is 54.7 Å². The van der Waals surface area contributed by atoms with Crippen molar-refractivity contribution in [3.8, 4) is 5.75 Å². The van der Waals surface area contributed by atoms with E-state index in [0.29, 0.717) is 6.61 Å². The van der Waals surface area contributed by atoms with Gasteiger partial charge >= 0.3 is 0 Å². The molecular formula is C20H32IN3O2. The molecule has 0 aliphatic heterocycles. The lowest BCUT2D eigenvalue weighted by Crippen LogP contribution is -2.35. The fraction of sp³-hybridized carbons (Fsp3) is 0.650. The number of benzene rings is 1. The molecule has 2 aliphatic carbocycles. The monoisotopic (exact) mass is 473 g/mol. The second kappa shape index (κ2) is 11.0. The van der Waals surface area contributed by atoms with Gasteiger partial charge in [0, 0.05) is 45.5 Å². The molecule has 2 fully saturated rings. The Balaban J connectivity index is 0.00000243. The lowest BCUT2D eigenvalue weighted by atomic mass is 9.98. The van der Waals surface area contributed by atoms with Crippen LogP contribution in [0.1, 0.15) is 32.1 Å². The van der Waals surface area contributed by atoms with Crippen molar-refractivity contribution in [2.24, 2.45) is 22.7 Å². The van der Waals surface area contributed by atoms with Crippen molar-refractivity contribution in [2.45, 2.75) is 32.1 Å². The summed E-state index contributed by atoms with van der Waals surface area (Å²) in [6.07, 6.45) is 6.55. The van der Waals surface area contributed by atoms with Crippen LogP contribution in [0.25, 0.3) is 0 Å². The zero-order chi connectivity index (χ0) is 17.5. The molecule has 26 heavy (non-hydrogen) atoms. The third kappa shape index (κ3) is 6.95. The van der Waals surface area contributed by atoms with Crippen LogP contribution in [-0.2, 0) is 4.74 Å². The molecule has 1 aromatic carbocycles. The van der Waals surface area contributed by atoms with Gasteiger partial charge in [0.1, 0.15) is 5.75 Å². The third-order valence-electron chi connectivity index (χ3n) is 5.04. The van der Waals surface area contributed by atoms with E-state index in [9.17, 15) is 0 Å². The van der Waals surface area contributed by atoms with E-state index in [2.05, 4.69) is 15.6 Å². The van der Waals surface area contributed by atoms with Crippen LogP contribution in [0, 0.1) is 17.8 Å². The molecule has 0 unspecified atom stereocenters. The Kier molecular flexibility index (Phi) is 8.98. The maximum Gasteiger partial charge on any atom is 0.195 e. The van der Waals surface area contributed by atoms with E-state index in [4.69, 9.17) is 9.47 Å². The Morgan fingerprint density at radius 3 is 2.54 bits per heavy atom. The zero-order valence-corrected chi connectivity index (χ0v) is 18.2. The Bertz CT molecular complexity index is 562. The number of methoxy groups -OCH3 is 1. The van der Waals surface area contributed by atoms with Gasteiger partial charge in [0.05, 0.1) is 6.61 Å². The fourth-order valence-corrected chi connectivity index (χ4v) is 3.35. The first kappa shape index (κ1) is 21.3. The van der Waals surface area contributed by atoms with Gasteiger partial charge in [0.25, 0.3) is 0 Å². The average Bonchev–Trinajstić information content (AvgIpc) is 3.52. The fourth-order valence-electron chi connectivity index (χ4n) is 3.35. The highest BCUT2D eigenvalue weighted by Gasteiger charge is 2.41. The van der Waals surface area contributed by atoms with Gasteiger partial charge in [-0.25, -0.2) is 0 Å². The third-order valence-corrected chi connectivity index (χ3v) is 5.04. The molecule has 2 aliphatic rings. The Morgan fingerprint density at radius 2 is 1.92 bits per heavy atom. The molecule has 0 spiro atoms. The van der Waals surface area contributed by atoms with Crippen molar-refractivity contribution in [1.82, 2.24) is 5.32 Å². The molecule has 1 aromatic rings. The molecule has 5 nitrogen and oxygen atoms in total. The number of nitrogens with one attached hydrogen (secondary N) is 2. The molecule has 0 bridgehead atoms. The summed E-state index contributed by atoms with van der Waals surface area (Å²) in [5.74, 6) is 4.42. The lowest BCUT2D eigenvalue weighted by Gasteiger charge is -2.19. The number of halogens is 1. The van der Waals surface area contributed by atoms with Crippen molar-refractivity contribution < 1.29 is 9.47 Å². The number of anilines is 1. The van der Waals surface area contributed by atoms with Crippen LogP contribution in [-0.4, -0.2) is 39.9 Å². The minimum Gasteiger partial charge on any atom is -0.493 e. The summed E-state index contributed by atoms with van der Waals surface area (Å²) in [4.78, 5) is 4.37. The van der Waals surface area contributed by atoms with Gasteiger partial charge in [-0.05, 0) is 55.6 Å². The quantitative estimate of drug-likeness (QED) is 0.232. The summed E-state index contributed by atoms with van der Waals surface area (Å²) >= 11 is 0. The number of hydrogen-bond donors (Lipinski definition) is 2. The number of ether oxygens (including phenoxy) is 2. The van der Waals surface area contributed by atoms with Gasteiger partial charge in [-0.15, -0.1) is 24.0 Å². The molecule has 0 saturated heterocycles. The first-order valence-electron chi connectivity index (χ1n) is 9.49. The first-order chi connectivity index (χ1) is 12.3. The number of guanidine groups is 1. The summed E-state index contributed by atoms with van der Waals surface area (Å²) in [5, 5.41) is 6.90. The molecule has 6 heteroatoms. The van der Waals surface area contributed by atoms with Crippen LogP contribution in [0.15, 0.2) is 29.3 Å². The van der Waals surface area contributed by atoms with Crippen LogP contribution in [0.5, 0.6) is 5.75 Å². The van der Waals surface area contributed by atoms with Crippen LogP contribution < -0.4 is 15.4 Å². The van der Waals surface area contributed by atoms with E-state index in [1.165, 1.54) is 25.7 Å². The zero-order valence-electron chi connectivity index (χ0n) is 15.9. The van der Waals surface area contributed by atoms with Gasteiger partial charge < -0.3 is 20.1 Å². The molecule has 0 heterocycles. The Hall–Kier alpha value is -1.02. The van der Waals surface area contributed by atoms with Crippen LogP contribution >= 0.6 is 24.0 Å². The number of hydrogen-bond acceptors (Lipinski definition) is 3. The predicted molar refractivity (Wildman–Crippen MR) is 118 cm³/mol. The average molecular weight is 473 g/mol. The molecule has 0 atom stereocenters. The predicted octanol–water partition coefficient (Wildman–Crippen LogP) is 4.14. The van der Waals surface area contributed by atoms with Gasteiger partial charge in [-0.2, -0.15) is 0 Å². The molecule has 2 saturated carbocycles. The highest BCUT2D eigenvalue weighted by atomic mass is 127. The summed E-state index contributed by atoms with van der Waals surface area (Å²) < 4.78 is 10.8. The molecular weight excluding hydrogens is 441 g/mol. The minimum absolute atomic E-state index is 0. The molecule has 3 rings (SSSR count). The molecule has 146 valence electrons. The Morgan fingerprint density at radius 1 is 1.19 bits per heavy atom. The van der Waals surface area contributed by atoms with Crippen LogP contribution in [0.2, 0.25) is 0 Å². The van der Waals surface area contributed by atoms with E-state index in [1.807, 2.05) is 31.3 Å². The summed E-state index contributed by atoms with van der Waals surface area (Å²) in [7, 11) is 3.53. The second-order valence-electron chi connectivity index (χ2n) is 7.14. The summed E-state index contributed by atoms with van der Waals surface area (Å²) in [6.45, 7) is 2.41. The SMILES string of the molecule is CN=C(NCC(C1CC1)C1CC1)Nc1cccc(OCCCOC)c1.I. The summed E-state index contributed by atoms with van der Waals surface area (Å²) in [5.41, 5.74) is 0.992. The molecule has 0 radical (unpaired) electrons. The van der Waals surface area contributed by atoms with Crippen molar-refractivity contribution in [3.05, 3.63) is 24.3 Å². The van der Waals surface area contributed by atoms with E-state index in [1.54, 1.807) is 7.11 Å². The van der Waals surface area contributed by atoms with Crippen LogP contribution in [0.4, 0.5) is 5.69 Å². The van der Waals surface area contributed by atoms with Gasteiger partial charge in [-0.3, -0.25) is 4.99 Å². The normalized spacial score (nSPS) is 17.0. The highest BCUT2D eigenvalue weighted by Crippen LogP contribution is 2.48. The van der Waals surface area contributed by atoms with E-state index in [-0.39, 0.29) is 24.0 Å². The summed E-state index contributed by atoms with van der Waals surface area (Å²) in [6, 6.07) is 8.02. The highest BCUT2D eigenvalue weighted by molar-refractivity contribution is 14.0. The van der Waals surface area contributed by atoms with Crippen molar-refractivity contribution >= 4 is 35.6 Å². The largest absolute Gasteiger partial charge is 0.493 e. The number of rotatable bonds is 10. The van der Waals surface area contributed by atoms with Crippen molar-refractivity contribution in [3.63, 3.8) is 0 Å². The number of nitrogens with zero attached hydrogens (tertiary/aromatic N) is 1. The topological polar surface area (TPSA) is 54.9 Å². The lowest BCUT2D eigenvalue weighted by molar-refractivity contribution is 0.172. The molecule has 0 amide bonds. The van der Waals surface area contributed by atoms with Gasteiger partial charge in [-0.1, -0.05) is 6.07 Å². The smallest absolute Gasteiger partial charge is 0.195 e. The maximum atomic E-state index is 5.76.